The topological polar surface area (TPSA) is 64.1 Å². The number of hydrogen-bond donors (Lipinski definition) is 1. The SMILES string of the molecule is COCC(=O)Nc1ccc(-c2cnns2)cc1. The molecule has 0 saturated heterocycles. The largest absolute Gasteiger partial charge is 0.375 e. The second kappa shape index (κ2) is 5.51. The molecule has 17 heavy (non-hydrogen) atoms. The third kappa shape index (κ3) is 3.08. The molecule has 0 aliphatic rings. The van der Waals surface area contributed by atoms with E-state index in [0.29, 0.717) is 0 Å². The van der Waals surface area contributed by atoms with Gasteiger partial charge in [-0.05, 0) is 29.2 Å². The Bertz CT molecular complexity index is 482. The lowest BCUT2D eigenvalue weighted by molar-refractivity contribution is -0.119. The van der Waals surface area contributed by atoms with E-state index in [0.717, 1.165) is 16.1 Å². The van der Waals surface area contributed by atoms with Crippen molar-refractivity contribution >= 4 is 23.1 Å². The van der Waals surface area contributed by atoms with Gasteiger partial charge < -0.3 is 10.1 Å². The Morgan fingerprint density at radius 3 is 2.76 bits per heavy atom. The summed E-state index contributed by atoms with van der Waals surface area (Å²) < 4.78 is 8.53. The lowest BCUT2D eigenvalue weighted by Gasteiger charge is -2.04. The van der Waals surface area contributed by atoms with Gasteiger partial charge in [0.2, 0.25) is 5.91 Å². The number of nitrogens with zero attached hydrogens (tertiary/aromatic N) is 2. The zero-order chi connectivity index (χ0) is 12.1. The molecule has 2 aromatic rings. The molecule has 1 aromatic carbocycles. The predicted octanol–water partition coefficient (Wildman–Crippen LogP) is 1.79. The predicted molar refractivity (Wildman–Crippen MR) is 65.9 cm³/mol. The van der Waals surface area contributed by atoms with Gasteiger partial charge in [0.1, 0.15) is 6.61 Å². The maximum Gasteiger partial charge on any atom is 0.250 e. The normalized spacial score (nSPS) is 10.2. The van der Waals surface area contributed by atoms with Crippen LogP contribution in [-0.2, 0) is 9.53 Å². The molecule has 1 amide bonds. The Balaban J connectivity index is 2.06. The second-order valence-corrected chi connectivity index (χ2v) is 4.13. The summed E-state index contributed by atoms with van der Waals surface area (Å²) in [5, 5.41) is 6.50. The number of amides is 1. The first-order valence-corrected chi connectivity index (χ1v) is 5.73. The minimum atomic E-state index is -0.167. The zero-order valence-corrected chi connectivity index (χ0v) is 10.0. The van der Waals surface area contributed by atoms with Gasteiger partial charge in [0.25, 0.3) is 0 Å². The molecule has 0 saturated carbocycles. The first-order chi connectivity index (χ1) is 8.29. The van der Waals surface area contributed by atoms with Crippen molar-refractivity contribution in [2.75, 3.05) is 19.0 Å². The highest BCUT2D eigenvalue weighted by molar-refractivity contribution is 7.09. The number of ether oxygens (including phenoxy) is 1. The number of benzene rings is 1. The Labute approximate surface area is 103 Å². The third-order valence-electron chi connectivity index (χ3n) is 2.09. The maximum atomic E-state index is 11.3. The molecule has 88 valence electrons. The summed E-state index contributed by atoms with van der Waals surface area (Å²) in [4.78, 5) is 12.3. The molecule has 0 spiro atoms. The van der Waals surface area contributed by atoms with Crippen molar-refractivity contribution < 1.29 is 9.53 Å². The molecule has 0 fully saturated rings. The summed E-state index contributed by atoms with van der Waals surface area (Å²) in [6.45, 7) is 0.0561. The quantitative estimate of drug-likeness (QED) is 0.897. The van der Waals surface area contributed by atoms with Crippen molar-refractivity contribution in [2.45, 2.75) is 0 Å². The van der Waals surface area contributed by atoms with Crippen LogP contribution in [0.15, 0.2) is 30.5 Å². The van der Waals surface area contributed by atoms with Gasteiger partial charge in [-0.3, -0.25) is 4.79 Å². The fourth-order valence-electron chi connectivity index (χ4n) is 1.34. The van der Waals surface area contributed by atoms with Crippen molar-refractivity contribution in [3.05, 3.63) is 30.5 Å². The molecule has 2 rings (SSSR count). The first-order valence-electron chi connectivity index (χ1n) is 4.96. The third-order valence-corrected chi connectivity index (χ3v) is 2.80. The van der Waals surface area contributed by atoms with Gasteiger partial charge in [-0.1, -0.05) is 16.6 Å². The smallest absolute Gasteiger partial charge is 0.250 e. The van der Waals surface area contributed by atoms with Gasteiger partial charge in [-0.2, -0.15) is 0 Å². The van der Waals surface area contributed by atoms with E-state index in [4.69, 9.17) is 4.74 Å². The number of nitrogens with one attached hydrogen (secondary N) is 1. The van der Waals surface area contributed by atoms with Crippen LogP contribution in [0.4, 0.5) is 5.69 Å². The highest BCUT2D eigenvalue weighted by Crippen LogP contribution is 2.23. The van der Waals surface area contributed by atoms with Crippen LogP contribution in [0.5, 0.6) is 0 Å². The zero-order valence-electron chi connectivity index (χ0n) is 9.21. The van der Waals surface area contributed by atoms with Crippen LogP contribution in [0.3, 0.4) is 0 Å². The van der Waals surface area contributed by atoms with Crippen LogP contribution in [-0.4, -0.2) is 29.2 Å². The molecule has 1 aromatic heterocycles. The first kappa shape index (κ1) is 11.7. The highest BCUT2D eigenvalue weighted by Gasteiger charge is 2.03. The summed E-state index contributed by atoms with van der Waals surface area (Å²) in [5.41, 5.74) is 1.78. The number of carbonyl (C=O) groups excluding carboxylic acids is 1. The van der Waals surface area contributed by atoms with Crippen molar-refractivity contribution in [2.24, 2.45) is 0 Å². The number of rotatable bonds is 4. The van der Waals surface area contributed by atoms with E-state index in [1.165, 1.54) is 18.6 Å². The van der Waals surface area contributed by atoms with Crippen LogP contribution < -0.4 is 5.32 Å². The van der Waals surface area contributed by atoms with Gasteiger partial charge in [-0.15, -0.1) is 5.10 Å². The van der Waals surface area contributed by atoms with Crippen molar-refractivity contribution in [1.29, 1.82) is 0 Å². The number of methoxy groups -OCH3 is 1. The standard InChI is InChI=1S/C11H11N3O2S/c1-16-7-11(15)13-9-4-2-8(3-5-9)10-6-12-14-17-10/h2-6H,7H2,1H3,(H,13,15). The van der Waals surface area contributed by atoms with E-state index >= 15 is 0 Å². The average molecular weight is 249 g/mol. The Morgan fingerprint density at radius 1 is 1.41 bits per heavy atom. The van der Waals surface area contributed by atoms with E-state index in [1.54, 1.807) is 6.20 Å². The summed E-state index contributed by atoms with van der Waals surface area (Å²) in [7, 11) is 1.49. The molecule has 1 heterocycles. The number of aromatic nitrogens is 2. The molecule has 1 N–H and O–H groups in total. The summed E-state index contributed by atoms with van der Waals surface area (Å²) in [5.74, 6) is -0.167. The molecule has 0 aliphatic heterocycles. The number of anilines is 1. The lowest BCUT2D eigenvalue weighted by atomic mass is 10.2. The van der Waals surface area contributed by atoms with Gasteiger partial charge in [0.15, 0.2) is 0 Å². The monoisotopic (exact) mass is 249 g/mol. The molecule has 0 unspecified atom stereocenters. The van der Waals surface area contributed by atoms with Crippen LogP contribution in [0.25, 0.3) is 10.4 Å². The van der Waals surface area contributed by atoms with E-state index in [2.05, 4.69) is 14.9 Å². The van der Waals surface area contributed by atoms with Gasteiger partial charge in [0, 0.05) is 12.8 Å². The highest BCUT2D eigenvalue weighted by atomic mass is 32.1. The number of hydrogen-bond acceptors (Lipinski definition) is 5. The van der Waals surface area contributed by atoms with Crippen LogP contribution in [0.2, 0.25) is 0 Å². The van der Waals surface area contributed by atoms with Crippen molar-refractivity contribution in [3.63, 3.8) is 0 Å². The number of carbonyl (C=O) groups is 1. The summed E-state index contributed by atoms with van der Waals surface area (Å²) in [6, 6.07) is 7.50. The molecule has 0 aliphatic carbocycles. The fraction of sp³-hybridized carbons (Fsp3) is 0.182. The second-order valence-electron chi connectivity index (χ2n) is 3.34. The minimum absolute atomic E-state index is 0.0561. The van der Waals surface area contributed by atoms with Crippen LogP contribution in [0.1, 0.15) is 0 Å². The Kier molecular flexibility index (Phi) is 3.79. The van der Waals surface area contributed by atoms with E-state index in [-0.39, 0.29) is 12.5 Å². The van der Waals surface area contributed by atoms with E-state index in [9.17, 15) is 4.79 Å². The van der Waals surface area contributed by atoms with E-state index in [1.807, 2.05) is 24.3 Å². The van der Waals surface area contributed by atoms with Gasteiger partial charge in [0.05, 0.1) is 11.1 Å². The molecular weight excluding hydrogens is 238 g/mol. The Morgan fingerprint density at radius 2 is 2.18 bits per heavy atom. The molecule has 0 radical (unpaired) electrons. The van der Waals surface area contributed by atoms with Crippen molar-refractivity contribution in [1.82, 2.24) is 9.59 Å². The molecule has 0 atom stereocenters. The van der Waals surface area contributed by atoms with Crippen LogP contribution in [0, 0.1) is 0 Å². The van der Waals surface area contributed by atoms with Crippen LogP contribution >= 0.6 is 11.5 Å². The minimum Gasteiger partial charge on any atom is -0.375 e. The van der Waals surface area contributed by atoms with Gasteiger partial charge >= 0.3 is 0 Å². The lowest BCUT2D eigenvalue weighted by Crippen LogP contribution is -2.16. The van der Waals surface area contributed by atoms with Crippen molar-refractivity contribution in [3.8, 4) is 10.4 Å². The van der Waals surface area contributed by atoms with E-state index < -0.39 is 0 Å². The Hall–Kier alpha value is -1.79. The fourth-order valence-corrected chi connectivity index (χ4v) is 1.86. The molecule has 0 bridgehead atoms. The summed E-state index contributed by atoms with van der Waals surface area (Å²) >= 11 is 1.34. The molecule has 6 heteroatoms. The summed E-state index contributed by atoms with van der Waals surface area (Å²) in [6.07, 6.45) is 1.71. The maximum absolute atomic E-state index is 11.3. The van der Waals surface area contributed by atoms with Gasteiger partial charge in [-0.25, -0.2) is 0 Å². The average Bonchev–Trinajstić information content (AvgIpc) is 2.84. The molecule has 5 nitrogen and oxygen atoms in total. The molecular formula is C11H11N3O2S.